The van der Waals surface area contributed by atoms with Crippen LogP contribution in [0.3, 0.4) is 0 Å². The van der Waals surface area contributed by atoms with E-state index in [0.717, 1.165) is 0 Å². The highest BCUT2D eigenvalue weighted by Gasteiger charge is 2.36. The number of aromatic nitrogens is 2. The van der Waals surface area contributed by atoms with E-state index < -0.39 is 120 Å². The van der Waals surface area contributed by atoms with Gasteiger partial charge in [-0.2, -0.15) is 0 Å². The molecule has 308 valence electrons. The van der Waals surface area contributed by atoms with Crippen molar-refractivity contribution in [2.24, 2.45) is 23.1 Å². The fourth-order valence-electron chi connectivity index (χ4n) is 4.77. The van der Waals surface area contributed by atoms with Gasteiger partial charge < -0.3 is 69.4 Å². The number of aliphatic hydroxyl groups is 2. The number of carbonyl (C=O) groups excluding carboxylic acids is 8. The Morgan fingerprint density at radius 1 is 0.655 bits per heavy atom. The van der Waals surface area contributed by atoms with Gasteiger partial charge in [0.05, 0.1) is 18.5 Å². The van der Waals surface area contributed by atoms with Crippen molar-refractivity contribution >= 4 is 53.2 Å². The smallest absolute Gasteiger partial charge is 0.325 e. The van der Waals surface area contributed by atoms with Gasteiger partial charge in [-0.1, -0.05) is 13.8 Å². The van der Waals surface area contributed by atoms with Crippen LogP contribution in [0, 0.1) is 5.92 Å². The molecule has 1 aromatic heterocycles. The van der Waals surface area contributed by atoms with Gasteiger partial charge in [-0.25, -0.2) is 4.98 Å². The van der Waals surface area contributed by atoms with E-state index in [1.165, 1.54) is 47.1 Å². The molecule has 0 aromatic carbocycles. The van der Waals surface area contributed by atoms with Crippen molar-refractivity contribution in [3.8, 4) is 0 Å². The van der Waals surface area contributed by atoms with Crippen molar-refractivity contribution < 1.29 is 58.5 Å². The second-order valence-corrected chi connectivity index (χ2v) is 13.3. The molecule has 0 unspecified atom stereocenters. The predicted octanol–water partition coefficient (Wildman–Crippen LogP) is -5.76. The zero-order chi connectivity index (χ0) is 42.2. The molecule has 1 aromatic rings. The molecule has 9 atom stereocenters. The van der Waals surface area contributed by atoms with Gasteiger partial charge in [0, 0.05) is 31.2 Å². The number of H-pyrrole nitrogens is 1. The highest BCUT2D eigenvalue weighted by molar-refractivity contribution is 5.97. The molecular formula is C32H53N11O12. The molecule has 0 saturated carbocycles. The predicted molar refractivity (Wildman–Crippen MR) is 190 cm³/mol. The van der Waals surface area contributed by atoms with Crippen LogP contribution in [0.15, 0.2) is 12.5 Å². The van der Waals surface area contributed by atoms with Gasteiger partial charge in [0.1, 0.15) is 42.3 Å². The molecule has 1 heterocycles. The first-order valence-electron chi connectivity index (χ1n) is 17.3. The summed E-state index contributed by atoms with van der Waals surface area (Å²) in [5, 5.41) is 43.1. The van der Waals surface area contributed by atoms with Crippen LogP contribution in [-0.2, 0) is 49.6 Å². The summed E-state index contributed by atoms with van der Waals surface area (Å²) in [6, 6.07) is -10.4. The van der Waals surface area contributed by atoms with Crippen LogP contribution < -0.4 is 49.1 Å². The van der Waals surface area contributed by atoms with E-state index in [9.17, 15) is 53.4 Å². The fraction of sp³-hybridized carbons (Fsp3) is 0.625. The van der Waals surface area contributed by atoms with Crippen LogP contribution in [-0.4, -0.2) is 133 Å². The lowest BCUT2D eigenvalue weighted by Crippen LogP contribution is -2.62. The number of carboxylic acid groups (broad SMARTS) is 1. The summed E-state index contributed by atoms with van der Waals surface area (Å²) < 4.78 is 0. The summed E-state index contributed by atoms with van der Waals surface area (Å²) in [5.74, 6) is -9.60. The zero-order valence-electron chi connectivity index (χ0n) is 31.2. The zero-order valence-corrected chi connectivity index (χ0v) is 31.2. The lowest BCUT2D eigenvalue weighted by Gasteiger charge is -2.29. The number of nitrogens with one attached hydrogen (secondary N) is 7. The maximum atomic E-state index is 13.8. The summed E-state index contributed by atoms with van der Waals surface area (Å²) in [6.07, 6.45) is -1.95. The fourth-order valence-corrected chi connectivity index (χ4v) is 4.77. The maximum Gasteiger partial charge on any atom is 0.325 e. The van der Waals surface area contributed by atoms with Crippen LogP contribution in [0.25, 0.3) is 0 Å². The summed E-state index contributed by atoms with van der Waals surface area (Å²) in [7, 11) is 0. The Kier molecular flexibility index (Phi) is 19.4. The van der Waals surface area contributed by atoms with Crippen LogP contribution >= 0.6 is 0 Å². The minimum atomic E-state index is -1.64. The Labute approximate surface area is 316 Å². The van der Waals surface area contributed by atoms with E-state index in [4.69, 9.17) is 22.3 Å². The molecule has 0 fully saturated rings. The van der Waals surface area contributed by atoms with Gasteiger partial charge in [-0.05, 0) is 39.5 Å². The third-order valence-corrected chi connectivity index (χ3v) is 8.10. The first-order valence-corrected chi connectivity index (χ1v) is 17.3. The van der Waals surface area contributed by atoms with Gasteiger partial charge in [0.15, 0.2) is 0 Å². The number of hydrogen-bond acceptors (Lipinski definition) is 13. The standard InChI is InChI=1S/C32H53N11O12/c1-13(2)24(30(52)43-25(16(5)45)31(53)38-14(3)32(54)55)42-27(49)19(7-9-22(34)47)39-28(50)20(10-17-11-36-12-37-17)41-26(48)18(6-8-21(33)46)40-29(51)23(35)15(4)44/h11-16,18-20,23-25,44-45H,6-10,35H2,1-5H3,(H2,33,46)(H2,34,47)(H,36,37)(H,38,53)(H,39,50)(H,40,51)(H,41,48)(H,42,49)(H,43,52)(H,54,55)/t14-,15+,16+,18-,19-,20-,23-,24-,25-/m0/s1. The summed E-state index contributed by atoms with van der Waals surface area (Å²) in [6.45, 7) is 6.64. The Morgan fingerprint density at radius 2 is 1.11 bits per heavy atom. The van der Waals surface area contributed by atoms with Crippen molar-refractivity contribution in [2.75, 3.05) is 0 Å². The third-order valence-electron chi connectivity index (χ3n) is 8.10. The molecule has 0 bridgehead atoms. The summed E-state index contributed by atoms with van der Waals surface area (Å²) >= 11 is 0. The van der Waals surface area contributed by atoms with Crippen molar-refractivity contribution in [3.63, 3.8) is 0 Å². The number of rotatable bonds is 24. The van der Waals surface area contributed by atoms with Gasteiger partial charge in [0.25, 0.3) is 0 Å². The Bertz CT molecular complexity index is 1520. The molecule has 23 nitrogen and oxygen atoms in total. The molecule has 0 aliphatic carbocycles. The molecule has 0 aliphatic heterocycles. The van der Waals surface area contributed by atoms with E-state index in [2.05, 4.69) is 41.9 Å². The molecule has 23 heteroatoms. The monoisotopic (exact) mass is 783 g/mol. The highest BCUT2D eigenvalue weighted by Crippen LogP contribution is 2.09. The lowest BCUT2D eigenvalue weighted by atomic mass is 10.0. The number of aliphatic carboxylic acids is 1. The minimum Gasteiger partial charge on any atom is -0.480 e. The van der Waals surface area contributed by atoms with Crippen LogP contribution in [0.4, 0.5) is 0 Å². The van der Waals surface area contributed by atoms with Gasteiger partial charge in [-0.15, -0.1) is 0 Å². The maximum absolute atomic E-state index is 13.8. The molecule has 16 N–H and O–H groups in total. The highest BCUT2D eigenvalue weighted by atomic mass is 16.4. The van der Waals surface area contributed by atoms with Crippen LogP contribution in [0.2, 0.25) is 0 Å². The second-order valence-electron chi connectivity index (χ2n) is 13.3. The van der Waals surface area contributed by atoms with Gasteiger partial charge in [0.2, 0.25) is 47.3 Å². The Hall–Kier alpha value is -5.68. The van der Waals surface area contributed by atoms with Crippen molar-refractivity contribution in [3.05, 3.63) is 18.2 Å². The molecule has 55 heavy (non-hydrogen) atoms. The summed E-state index contributed by atoms with van der Waals surface area (Å²) in [5.41, 5.74) is 16.6. The van der Waals surface area contributed by atoms with E-state index in [1.807, 2.05) is 0 Å². The number of amides is 8. The van der Waals surface area contributed by atoms with Crippen molar-refractivity contribution in [1.82, 2.24) is 41.9 Å². The van der Waals surface area contributed by atoms with Gasteiger partial charge >= 0.3 is 5.97 Å². The largest absolute Gasteiger partial charge is 0.480 e. The summed E-state index contributed by atoms with van der Waals surface area (Å²) in [4.78, 5) is 121. The van der Waals surface area contributed by atoms with Crippen LogP contribution in [0.5, 0.6) is 0 Å². The third kappa shape index (κ3) is 16.5. The molecular weight excluding hydrogens is 730 g/mol. The quantitative estimate of drug-likeness (QED) is 0.0465. The molecule has 0 aliphatic rings. The topological polar surface area (TPSA) is 393 Å². The molecule has 1 rings (SSSR count). The average molecular weight is 784 g/mol. The molecule has 0 spiro atoms. The number of hydrogen-bond donors (Lipinski definition) is 13. The van der Waals surface area contributed by atoms with E-state index in [1.54, 1.807) is 0 Å². The SMILES string of the molecule is CC(C)[C@H](NC(=O)[C@H](CCC(N)=O)NC(=O)[C@H](Cc1cnc[nH]1)NC(=O)[C@H](CCC(N)=O)NC(=O)[C@@H](N)[C@@H](C)O)C(=O)N[C@H](C(=O)N[C@@H](C)C(=O)O)[C@@H](C)O. The van der Waals surface area contributed by atoms with Gasteiger partial charge in [-0.3, -0.25) is 43.2 Å². The number of carboxylic acids is 1. The van der Waals surface area contributed by atoms with E-state index in [0.29, 0.717) is 5.69 Å². The number of aromatic amines is 1. The number of nitrogens with zero attached hydrogens (tertiary/aromatic N) is 1. The first-order chi connectivity index (χ1) is 25.5. The van der Waals surface area contributed by atoms with E-state index in [-0.39, 0.29) is 25.7 Å². The number of primary amides is 2. The van der Waals surface area contributed by atoms with E-state index >= 15 is 0 Å². The molecule has 0 radical (unpaired) electrons. The number of nitrogens with two attached hydrogens (primary N) is 3. The Balaban J connectivity index is 3.38. The number of imidazole rings is 1. The van der Waals surface area contributed by atoms with Crippen LogP contribution in [0.1, 0.15) is 66.0 Å². The number of carbonyl (C=O) groups is 9. The lowest BCUT2D eigenvalue weighted by molar-refractivity contribution is -0.142. The Morgan fingerprint density at radius 3 is 1.55 bits per heavy atom. The normalized spacial score (nSPS) is 16.0. The minimum absolute atomic E-state index is 0.258. The molecule has 0 saturated heterocycles. The second kappa shape index (κ2) is 22.5. The number of aliphatic hydroxyl groups excluding tert-OH is 2. The molecule has 8 amide bonds. The average Bonchev–Trinajstić information content (AvgIpc) is 3.60. The van der Waals surface area contributed by atoms with Crippen molar-refractivity contribution in [2.45, 2.75) is 121 Å². The van der Waals surface area contributed by atoms with Crippen molar-refractivity contribution in [1.29, 1.82) is 0 Å². The first kappa shape index (κ1) is 47.3.